The number of aryl methyl sites for hydroxylation is 1. The molecular formula is C30H34ClFN4O7S. The van der Waals surface area contributed by atoms with E-state index in [1.165, 1.54) is 10.4 Å². The van der Waals surface area contributed by atoms with Crippen LogP contribution in [0.15, 0.2) is 36.4 Å². The van der Waals surface area contributed by atoms with Gasteiger partial charge in [0.05, 0.1) is 34.9 Å². The third kappa shape index (κ3) is 7.12. The summed E-state index contributed by atoms with van der Waals surface area (Å²) in [5, 5.41) is 16.6. The molecule has 1 saturated heterocycles. The van der Waals surface area contributed by atoms with E-state index in [1.54, 1.807) is 23.9 Å². The van der Waals surface area contributed by atoms with Crippen molar-refractivity contribution >= 4 is 55.9 Å². The van der Waals surface area contributed by atoms with E-state index in [-0.39, 0.29) is 47.1 Å². The minimum Gasteiger partial charge on any atom is -0.481 e. The van der Waals surface area contributed by atoms with Gasteiger partial charge in [0.15, 0.2) is 11.5 Å². The average Bonchev–Trinajstić information content (AvgIpc) is 3.60. The average molecular weight is 649 g/mol. The predicted octanol–water partition coefficient (Wildman–Crippen LogP) is 4.18. The standard InChI is InChI=1S/C30H34ClFN4O7S/c1-35-27-7-3-2-6-23(27)28(34-35)29(38)33-26-15-25(32)19(14-24(26)31)13-21(37)17-44(41,42)36-12-4-5-20(36)16-43-22-10-8-18(9-11-22)30(39)40/h2-3,6-7,14-15,18,20,22H,4-5,8-13,16-17H2,1H3,(H,33,38)(H,39,40)/t18?,20-,22?/m0/s1. The third-order valence-electron chi connectivity index (χ3n) is 8.32. The summed E-state index contributed by atoms with van der Waals surface area (Å²) in [7, 11) is -2.29. The monoisotopic (exact) mass is 648 g/mol. The highest BCUT2D eigenvalue weighted by atomic mass is 35.5. The molecule has 0 spiro atoms. The molecule has 2 aromatic carbocycles. The lowest BCUT2D eigenvalue weighted by molar-refractivity contribution is -0.143. The van der Waals surface area contributed by atoms with Gasteiger partial charge in [-0.05, 0) is 62.3 Å². The molecular weight excluding hydrogens is 615 g/mol. The number of nitrogens with zero attached hydrogens (tertiary/aromatic N) is 3. The number of carbonyl (C=O) groups is 3. The van der Waals surface area contributed by atoms with Crippen LogP contribution in [0.4, 0.5) is 10.1 Å². The van der Waals surface area contributed by atoms with Crippen LogP contribution in [0.5, 0.6) is 0 Å². The van der Waals surface area contributed by atoms with Crippen LogP contribution >= 0.6 is 11.6 Å². The van der Waals surface area contributed by atoms with Gasteiger partial charge in [-0.2, -0.15) is 9.40 Å². The summed E-state index contributed by atoms with van der Waals surface area (Å²) in [5.41, 5.74) is 0.783. The zero-order valence-corrected chi connectivity index (χ0v) is 25.7. The lowest BCUT2D eigenvalue weighted by Gasteiger charge is -2.29. The molecule has 14 heteroatoms. The number of nitrogens with one attached hydrogen (secondary N) is 1. The summed E-state index contributed by atoms with van der Waals surface area (Å²) in [6.45, 7) is 0.428. The predicted molar refractivity (Wildman–Crippen MR) is 162 cm³/mol. The first-order valence-electron chi connectivity index (χ1n) is 14.5. The number of hydrogen-bond acceptors (Lipinski definition) is 7. The number of carboxylic acid groups (broad SMARTS) is 1. The second-order valence-corrected chi connectivity index (χ2v) is 13.7. The SMILES string of the molecule is Cn1nc(C(=O)Nc2cc(F)c(CC(=O)CS(=O)(=O)N3CCC[C@H]3COC3CCC(C(=O)O)CC3)cc2Cl)c2ccccc21. The number of ether oxygens (including phenoxy) is 1. The minimum atomic E-state index is -3.99. The number of sulfonamides is 1. The van der Waals surface area contributed by atoms with Crippen molar-refractivity contribution in [3.05, 3.63) is 58.5 Å². The molecule has 1 atom stereocenters. The first kappa shape index (κ1) is 32.0. The smallest absolute Gasteiger partial charge is 0.306 e. The van der Waals surface area contributed by atoms with Crippen LogP contribution < -0.4 is 5.32 Å². The van der Waals surface area contributed by atoms with Crippen LogP contribution in [-0.4, -0.2) is 76.3 Å². The number of fused-ring (bicyclic) bond motifs is 1. The molecule has 5 rings (SSSR count). The molecule has 3 aromatic rings. The molecule has 1 aromatic heterocycles. The van der Waals surface area contributed by atoms with Crippen molar-refractivity contribution in [2.45, 2.75) is 57.1 Å². The number of Topliss-reactive ketones (excluding diaryl/α,β-unsaturated/α-hetero) is 1. The van der Waals surface area contributed by atoms with Crippen LogP contribution in [-0.2, 0) is 37.8 Å². The number of carboxylic acids is 1. The van der Waals surface area contributed by atoms with Gasteiger partial charge in [0.2, 0.25) is 10.0 Å². The largest absolute Gasteiger partial charge is 0.481 e. The van der Waals surface area contributed by atoms with Gasteiger partial charge >= 0.3 is 5.97 Å². The Hall–Kier alpha value is -3.39. The third-order valence-corrected chi connectivity index (χ3v) is 10.5. The molecule has 1 saturated carbocycles. The van der Waals surface area contributed by atoms with Gasteiger partial charge in [-0.3, -0.25) is 19.1 Å². The van der Waals surface area contributed by atoms with Crippen LogP contribution in [0.1, 0.15) is 54.6 Å². The first-order chi connectivity index (χ1) is 20.9. The second kappa shape index (κ2) is 13.3. The van der Waals surface area contributed by atoms with Gasteiger partial charge in [-0.1, -0.05) is 29.8 Å². The van der Waals surface area contributed by atoms with Crippen LogP contribution in [0.2, 0.25) is 5.02 Å². The molecule has 1 aliphatic heterocycles. The van der Waals surface area contributed by atoms with E-state index >= 15 is 4.39 Å². The molecule has 2 aliphatic rings. The molecule has 1 amide bonds. The Morgan fingerprint density at radius 3 is 2.59 bits per heavy atom. The maximum Gasteiger partial charge on any atom is 0.306 e. The Labute approximate surface area is 259 Å². The summed E-state index contributed by atoms with van der Waals surface area (Å²) in [4.78, 5) is 36.9. The topological polar surface area (TPSA) is 148 Å². The number of aromatic nitrogens is 2. The van der Waals surface area contributed by atoms with Crippen LogP contribution in [0, 0.1) is 11.7 Å². The fraction of sp³-hybridized carbons (Fsp3) is 0.467. The molecule has 2 fully saturated rings. The Morgan fingerprint density at radius 2 is 1.86 bits per heavy atom. The number of anilines is 1. The summed E-state index contributed by atoms with van der Waals surface area (Å²) in [6, 6.07) is 8.93. The Balaban J connectivity index is 1.18. The van der Waals surface area contributed by atoms with Crippen molar-refractivity contribution in [2.24, 2.45) is 13.0 Å². The lowest BCUT2D eigenvalue weighted by atomic mass is 9.87. The van der Waals surface area contributed by atoms with E-state index < -0.39 is 51.7 Å². The Bertz CT molecular complexity index is 1690. The maximum atomic E-state index is 15.1. The van der Waals surface area contributed by atoms with Gasteiger partial charge in [0, 0.05) is 31.4 Å². The number of aliphatic carboxylic acids is 1. The first-order valence-corrected chi connectivity index (χ1v) is 16.5. The zero-order valence-electron chi connectivity index (χ0n) is 24.2. The quantitative estimate of drug-likeness (QED) is 0.315. The van der Waals surface area contributed by atoms with Crippen LogP contribution in [0.3, 0.4) is 0 Å². The number of hydrogen-bond donors (Lipinski definition) is 2. The van der Waals surface area contributed by atoms with E-state index in [0.29, 0.717) is 43.9 Å². The maximum absolute atomic E-state index is 15.1. The number of benzene rings is 2. The number of rotatable bonds is 11. The molecule has 0 unspecified atom stereocenters. The molecule has 236 valence electrons. The van der Waals surface area contributed by atoms with Crippen molar-refractivity contribution < 1.29 is 37.0 Å². The second-order valence-electron chi connectivity index (χ2n) is 11.4. The van der Waals surface area contributed by atoms with Crippen molar-refractivity contribution in [1.29, 1.82) is 0 Å². The van der Waals surface area contributed by atoms with Crippen molar-refractivity contribution in [3.63, 3.8) is 0 Å². The Morgan fingerprint density at radius 1 is 1.14 bits per heavy atom. The highest BCUT2D eigenvalue weighted by Crippen LogP contribution is 2.30. The van der Waals surface area contributed by atoms with E-state index in [4.69, 9.17) is 16.3 Å². The van der Waals surface area contributed by atoms with E-state index in [9.17, 15) is 27.9 Å². The van der Waals surface area contributed by atoms with Gasteiger partial charge in [0.1, 0.15) is 11.6 Å². The van der Waals surface area contributed by atoms with Crippen molar-refractivity contribution in [2.75, 3.05) is 24.2 Å². The van der Waals surface area contributed by atoms with Gasteiger partial charge in [0.25, 0.3) is 5.91 Å². The molecule has 0 radical (unpaired) electrons. The molecule has 2 heterocycles. The van der Waals surface area contributed by atoms with Gasteiger partial charge < -0.3 is 15.2 Å². The molecule has 0 bridgehead atoms. The molecule has 11 nitrogen and oxygen atoms in total. The van der Waals surface area contributed by atoms with Gasteiger partial charge in [-0.25, -0.2) is 12.8 Å². The number of carbonyl (C=O) groups excluding carboxylic acids is 2. The van der Waals surface area contributed by atoms with E-state index in [0.717, 1.165) is 11.6 Å². The number of ketones is 1. The fourth-order valence-corrected chi connectivity index (χ4v) is 7.93. The minimum absolute atomic E-state index is 0.0101. The van der Waals surface area contributed by atoms with Gasteiger partial charge in [-0.15, -0.1) is 0 Å². The van der Waals surface area contributed by atoms with Crippen molar-refractivity contribution in [3.8, 4) is 0 Å². The fourth-order valence-electron chi connectivity index (χ4n) is 6.00. The normalized spacial score (nSPS) is 21.0. The lowest BCUT2D eigenvalue weighted by Crippen LogP contribution is -2.42. The zero-order chi connectivity index (χ0) is 31.6. The van der Waals surface area contributed by atoms with E-state index in [2.05, 4.69) is 10.4 Å². The number of halogens is 2. The highest BCUT2D eigenvalue weighted by Gasteiger charge is 2.36. The van der Waals surface area contributed by atoms with Crippen LogP contribution in [0.25, 0.3) is 10.9 Å². The summed E-state index contributed by atoms with van der Waals surface area (Å²) < 4.78 is 50.2. The summed E-state index contributed by atoms with van der Waals surface area (Å²) >= 11 is 6.33. The summed E-state index contributed by atoms with van der Waals surface area (Å²) in [6.07, 6.45) is 2.85. The Kier molecular flexibility index (Phi) is 9.68. The van der Waals surface area contributed by atoms with Crippen molar-refractivity contribution in [1.82, 2.24) is 14.1 Å². The highest BCUT2D eigenvalue weighted by molar-refractivity contribution is 7.89. The molecule has 1 aliphatic carbocycles. The molecule has 44 heavy (non-hydrogen) atoms. The number of para-hydroxylation sites is 1. The number of amides is 1. The summed E-state index contributed by atoms with van der Waals surface area (Å²) in [5.74, 6) is -4.07. The van der Waals surface area contributed by atoms with E-state index in [1.807, 2.05) is 12.1 Å². The molecule has 2 N–H and O–H groups in total.